The first-order valence-corrected chi connectivity index (χ1v) is 15.2. The average molecular weight is 632 g/mol. The molecule has 230 valence electrons. The summed E-state index contributed by atoms with van der Waals surface area (Å²) in [5.41, 5.74) is 2.66. The number of nitrogens with one attached hydrogen (secondary N) is 3. The van der Waals surface area contributed by atoms with Crippen LogP contribution in [0.1, 0.15) is 26.7 Å². The Morgan fingerprint density at radius 1 is 0.761 bits per heavy atom. The number of halogens is 1. The van der Waals surface area contributed by atoms with Gasteiger partial charge < -0.3 is 20.7 Å². The molecule has 9 heteroatoms. The van der Waals surface area contributed by atoms with Gasteiger partial charge in [-0.15, -0.1) is 11.8 Å². The third-order valence-corrected chi connectivity index (χ3v) is 8.01. The van der Waals surface area contributed by atoms with Gasteiger partial charge in [0.25, 0.3) is 11.8 Å². The van der Waals surface area contributed by atoms with Gasteiger partial charge in [-0.1, -0.05) is 78.9 Å². The first kappa shape index (κ1) is 31.7. The summed E-state index contributed by atoms with van der Waals surface area (Å²) in [7, 11) is 1.54. The van der Waals surface area contributed by atoms with E-state index in [-0.39, 0.29) is 11.6 Å². The van der Waals surface area contributed by atoms with Crippen molar-refractivity contribution in [1.82, 2.24) is 5.32 Å². The topological polar surface area (TPSA) is 96.5 Å². The maximum atomic E-state index is 13.6. The summed E-state index contributed by atoms with van der Waals surface area (Å²) >= 11 is 1.32. The van der Waals surface area contributed by atoms with Crippen LogP contribution in [0.3, 0.4) is 0 Å². The maximum Gasteiger partial charge on any atom is 0.272 e. The van der Waals surface area contributed by atoms with Crippen molar-refractivity contribution in [2.75, 3.05) is 17.7 Å². The van der Waals surface area contributed by atoms with Crippen LogP contribution in [-0.2, 0) is 9.59 Å². The van der Waals surface area contributed by atoms with Gasteiger partial charge in [-0.3, -0.25) is 14.4 Å². The van der Waals surface area contributed by atoms with Crippen LogP contribution >= 0.6 is 11.8 Å². The zero-order chi connectivity index (χ0) is 32.3. The van der Waals surface area contributed by atoms with E-state index >= 15 is 0 Å². The van der Waals surface area contributed by atoms with Crippen molar-refractivity contribution in [2.45, 2.75) is 10.1 Å². The molecule has 0 saturated carbocycles. The molecule has 7 nitrogen and oxygen atoms in total. The van der Waals surface area contributed by atoms with Gasteiger partial charge in [0.15, 0.2) is 0 Å². The number of hydrogen-bond donors (Lipinski definition) is 3. The Morgan fingerprint density at radius 2 is 1.43 bits per heavy atom. The van der Waals surface area contributed by atoms with E-state index in [4.69, 9.17) is 4.74 Å². The summed E-state index contributed by atoms with van der Waals surface area (Å²) < 4.78 is 18.9. The number of amides is 3. The van der Waals surface area contributed by atoms with Gasteiger partial charge in [0.05, 0.1) is 12.8 Å². The molecule has 0 aromatic heterocycles. The highest BCUT2D eigenvalue weighted by molar-refractivity contribution is 8.00. The summed E-state index contributed by atoms with van der Waals surface area (Å²) in [6, 6.07) is 37.7. The van der Waals surface area contributed by atoms with E-state index in [0.29, 0.717) is 28.3 Å². The summed E-state index contributed by atoms with van der Waals surface area (Å²) in [6.45, 7) is 0. The van der Waals surface area contributed by atoms with E-state index < -0.39 is 22.9 Å². The number of para-hydroxylation sites is 2. The first-order chi connectivity index (χ1) is 22.4. The van der Waals surface area contributed by atoms with Crippen LogP contribution in [0.15, 0.2) is 144 Å². The van der Waals surface area contributed by atoms with Crippen LogP contribution in [-0.4, -0.2) is 24.8 Å². The molecule has 0 aliphatic heterocycles. The van der Waals surface area contributed by atoms with Gasteiger partial charge in [0, 0.05) is 16.1 Å². The molecule has 0 aliphatic carbocycles. The van der Waals surface area contributed by atoms with E-state index in [2.05, 4.69) is 16.0 Å². The Kier molecular flexibility index (Phi) is 10.6. The molecule has 0 fully saturated rings. The lowest BCUT2D eigenvalue weighted by Gasteiger charge is -2.19. The second-order valence-electron chi connectivity index (χ2n) is 10.0. The number of thioether (sulfide) groups is 1. The van der Waals surface area contributed by atoms with Crippen molar-refractivity contribution in [3.8, 4) is 5.75 Å². The number of rotatable bonds is 11. The largest absolute Gasteiger partial charge is 0.495 e. The maximum absolute atomic E-state index is 13.6. The SMILES string of the molecule is COc1ccccc1NC(=O)C(Sc1cccc(NC(=O)/C(=C/c2ccc(F)cc2)NC(=O)c2ccccc2)c1)c1ccccc1. The molecule has 0 heterocycles. The van der Waals surface area contributed by atoms with Gasteiger partial charge in [-0.2, -0.15) is 0 Å². The van der Waals surface area contributed by atoms with Crippen molar-refractivity contribution >= 4 is 46.9 Å². The Bertz CT molecular complexity index is 1850. The summed E-state index contributed by atoms with van der Waals surface area (Å²) in [5, 5.41) is 7.87. The average Bonchev–Trinajstić information content (AvgIpc) is 3.09. The molecular formula is C37H30FN3O4S. The molecule has 0 saturated heterocycles. The highest BCUT2D eigenvalue weighted by atomic mass is 32.2. The monoisotopic (exact) mass is 631 g/mol. The Labute approximate surface area is 270 Å². The molecule has 0 radical (unpaired) electrons. The second-order valence-corrected chi connectivity index (χ2v) is 11.2. The fourth-order valence-corrected chi connectivity index (χ4v) is 5.58. The lowest BCUT2D eigenvalue weighted by atomic mass is 10.1. The van der Waals surface area contributed by atoms with Crippen molar-refractivity contribution in [3.05, 3.63) is 162 Å². The number of hydrogen-bond acceptors (Lipinski definition) is 5. The quantitative estimate of drug-likeness (QED) is 0.103. The van der Waals surface area contributed by atoms with E-state index in [1.54, 1.807) is 67.8 Å². The molecule has 5 rings (SSSR count). The Morgan fingerprint density at radius 3 is 2.15 bits per heavy atom. The zero-order valence-corrected chi connectivity index (χ0v) is 25.6. The zero-order valence-electron chi connectivity index (χ0n) is 24.8. The van der Waals surface area contributed by atoms with Gasteiger partial charge in [-0.05, 0) is 71.8 Å². The van der Waals surface area contributed by atoms with Crippen LogP contribution in [0, 0.1) is 5.82 Å². The predicted molar refractivity (Wildman–Crippen MR) is 180 cm³/mol. The van der Waals surface area contributed by atoms with Crippen LogP contribution in [0.4, 0.5) is 15.8 Å². The van der Waals surface area contributed by atoms with Crippen LogP contribution in [0.5, 0.6) is 5.75 Å². The number of methoxy groups -OCH3 is 1. The minimum atomic E-state index is -0.629. The minimum Gasteiger partial charge on any atom is -0.495 e. The number of anilines is 2. The molecule has 0 spiro atoms. The lowest BCUT2D eigenvalue weighted by Crippen LogP contribution is -2.30. The molecule has 3 N–H and O–H groups in total. The highest BCUT2D eigenvalue weighted by Crippen LogP contribution is 2.38. The fourth-order valence-electron chi connectivity index (χ4n) is 4.50. The fraction of sp³-hybridized carbons (Fsp3) is 0.0541. The molecule has 3 amide bonds. The number of benzene rings is 5. The predicted octanol–water partition coefficient (Wildman–Crippen LogP) is 7.72. The van der Waals surface area contributed by atoms with E-state index in [1.165, 1.54) is 42.1 Å². The normalized spacial score (nSPS) is 11.7. The second kappa shape index (κ2) is 15.4. The standard InChI is InChI=1S/C37H30FN3O4S/c1-45-33-18-9-8-17-31(33)40-37(44)34(26-11-4-2-5-12-26)46-30-16-10-15-29(24-30)39-36(43)32(23-25-19-21-28(38)22-20-25)41-35(42)27-13-6-3-7-14-27/h2-24,34H,1H3,(H,39,43)(H,40,44)(H,41,42)/b32-23-. The van der Waals surface area contributed by atoms with Crippen LogP contribution < -0.4 is 20.7 Å². The molecule has 0 bridgehead atoms. The number of ether oxygens (including phenoxy) is 1. The summed E-state index contributed by atoms with van der Waals surface area (Å²) in [6.07, 6.45) is 1.47. The van der Waals surface area contributed by atoms with Gasteiger partial charge >= 0.3 is 0 Å². The van der Waals surface area contributed by atoms with Crippen molar-refractivity contribution in [3.63, 3.8) is 0 Å². The lowest BCUT2D eigenvalue weighted by molar-refractivity contribution is -0.116. The van der Waals surface area contributed by atoms with Gasteiger partial charge in [-0.25, -0.2) is 4.39 Å². The van der Waals surface area contributed by atoms with E-state index in [9.17, 15) is 18.8 Å². The van der Waals surface area contributed by atoms with E-state index in [1.807, 2.05) is 48.5 Å². The molecule has 5 aromatic carbocycles. The van der Waals surface area contributed by atoms with Crippen LogP contribution in [0.25, 0.3) is 6.08 Å². The molecular weight excluding hydrogens is 601 g/mol. The molecule has 46 heavy (non-hydrogen) atoms. The smallest absolute Gasteiger partial charge is 0.272 e. The van der Waals surface area contributed by atoms with Gasteiger partial charge in [0.2, 0.25) is 5.91 Å². The number of carbonyl (C=O) groups is 3. The molecule has 1 unspecified atom stereocenters. The molecule has 1 atom stereocenters. The first-order valence-electron chi connectivity index (χ1n) is 14.3. The summed E-state index contributed by atoms with van der Waals surface area (Å²) in [4.78, 5) is 40.8. The third kappa shape index (κ3) is 8.49. The molecule has 0 aliphatic rings. The van der Waals surface area contributed by atoms with Crippen molar-refractivity contribution < 1.29 is 23.5 Å². The van der Waals surface area contributed by atoms with Crippen LogP contribution in [0.2, 0.25) is 0 Å². The van der Waals surface area contributed by atoms with E-state index in [0.717, 1.165) is 10.5 Å². The van der Waals surface area contributed by atoms with Gasteiger partial charge in [0.1, 0.15) is 22.5 Å². The highest BCUT2D eigenvalue weighted by Gasteiger charge is 2.24. The van der Waals surface area contributed by atoms with Crippen molar-refractivity contribution in [2.24, 2.45) is 0 Å². The third-order valence-electron chi connectivity index (χ3n) is 6.76. The molecule has 5 aromatic rings. The Balaban J connectivity index is 1.38. The van der Waals surface area contributed by atoms with Crippen molar-refractivity contribution in [1.29, 1.82) is 0 Å². The summed E-state index contributed by atoms with van der Waals surface area (Å²) in [5.74, 6) is -1.18. The minimum absolute atomic E-state index is 0.0307. The Hall–Kier alpha value is -5.67. The number of carbonyl (C=O) groups excluding carboxylic acids is 3.